The summed E-state index contributed by atoms with van der Waals surface area (Å²) in [6.45, 7) is 8.46. The average molecular weight is 227 g/mol. The molecule has 0 aliphatic carbocycles. The first-order valence-electron chi connectivity index (χ1n) is 5.25. The maximum atomic E-state index is 6.02. The van der Waals surface area contributed by atoms with Crippen LogP contribution in [0.3, 0.4) is 0 Å². The first-order chi connectivity index (χ1) is 6.98. The van der Waals surface area contributed by atoms with Crippen molar-refractivity contribution in [1.29, 1.82) is 0 Å². The number of hydrogen-bond donors (Lipinski definition) is 1. The second-order valence-corrected chi connectivity index (χ2v) is 4.78. The van der Waals surface area contributed by atoms with Crippen LogP contribution >= 0.6 is 11.6 Å². The minimum atomic E-state index is -0.0741. The van der Waals surface area contributed by atoms with Gasteiger partial charge < -0.3 is 5.32 Å². The molecule has 0 amide bonds. The fourth-order valence-corrected chi connectivity index (χ4v) is 1.66. The average Bonchev–Trinajstić information content (AvgIpc) is 2.17. The highest BCUT2D eigenvalue weighted by molar-refractivity contribution is 6.18. The van der Waals surface area contributed by atoms with Crippen LogP contribution in [-0.2, 0) is 0 Å². The van der Waals surface area contributed by atoms with Crippen molar-refractivity contribution in [3.05, 3.63) is 24.0 Å². The van der Waals surface area contributed by atoms with Crippen molar-refractivity contribution >= 4 is 17.3 Å². The Morgan fingerprint density at radius 1 is 1.53 bits per heavy atom. The monoisotopic (exact) mass is 226 g/mol. The Bertz CT molecular complexity index is 325. The third-order valence-corrected chi connectivity index (χ3v) is 3.43. The fraction of sp³-hybridized carbons (Fsp3) is 0.583. The van der Waals surface area contributed by atoms with Crippen LogP contribution in [0.4, 0.5) is 5.69 Å². The van der Waals surface area contributed by atoms with E-state index < -0.39 is 0 Å². The molecule has 1 aromatic heterocycles. The molecule has 3 heteroatoms. The summed E-state index contributed by atoms with van der Waals surface area (Å²) < 4.78 is 0. The standard InChI is InChI=1S/C12H19ClN2/c1-9(2)12(4,8-13)15-11-5-6-14-10(3)7-11/h5-7,9H,8H2,1-4H3,(H,14,15). The minimum absolute atomic E-state index is 0.0741. The molecule has 2 nitrogen and oxygen atoms in total. The molecule has 0 saturated carbocycles. The number of aryl methyl sites for hydroxylation is 1. The fourth-order valence-electron chi connectivity index (χ4n) is 1.29. The summed E-state index contributed by atoms with van der Waals surface area (Å²) in [5.41, 5.74) is 2.02. The number of aromatic nitrogens is 1. The first kappa shape index (κ1) is 12.3. The highest BCUT2D eigenvalue weighted by Crippen LogP contribution is 2.24. The maximum absolute atomic E-state index is 6.02. The molecule has 1 N–H and O–H groups in total. The van der Waals surface area contributed by atoms with Gasteiger partial charge in [0.2, 0.25) is 0 Å². The highest BCUT2D eigenvalue weighted by atomic mass is 35.5. The first-order valence-corrected chi connectivity index (χ1v) is 5.78. The van der Waals surface area contributed by atoms with E-state index in [1.54, 1.807) is 0 Å². The molecule has 0 spiro atoms. The molecule has 1 rings (SSSR count). The Hall–Kier alpha value is -0.760. The molecule has 84 valence electrons. The van der Waals surface area contributed by atoms with E-state index in [9.17, 15) is 0 Å². The Kier molecular flexibility index (Phi) is 3.97. The largest absolute Gasteiger partial charge is 0.378 e. The predicted molar refractivity (Wildman–Crippen MR) is 66.6 cm³/mol. The maximum Gasteiger partial charge on any atom is 0.0503 e. The number of rotatable bonds is 4. The number of nitrogens with zero attached hydrogens (tertiary/aromatic N) is 1. The van der Waals surface area contributed by atoms with Gasteiger partial charge in [0.15, 0.2) is 0 Å². The van der Waals surface area contributed by atoms with E-state index >= 15 is 0 Å². The van der Waals surface area contributed by atoms with Crippen LogP contribution in [0.1, 0.15) is 26.5 Å². The molecule has 1 atom stereocenters. The van der Waals surface area contributed by atoms with Gasteiger partial charge in [-0.3, -0.25) is 4.98 Å². The molecule has 0 aliphatic rings. The van der Waals surface area contributed by atoms with Crippen LogP contribution < -0.4 is 5.32 Å². The van der Waals surface area contributed by atoms with Crippen molar-refractivity contribution < 1.29 is 0 Å². The molecule has 1 unspecified atom stereocenters. The lowest BCUT2D eigenvalue weighted by molar-refractivity contribution is 0.412. The summed E-state index contributed by atoms with van der Waals surface area (Å²) in [5.74, 6) is 1.06. The van der Waals surface area contributed by atoms with Gasteiger partial charge in [0.1, 0.15) is 0 Å². The van der Waals surface area contributed by atoms with Gasteiger partial charge in [-0.1, -0.05) is 13.8 Å². The number of anilines is 1. The van der Waals surface area contributed by atoms with Crippen molar-refractivity contribution in [3.8, 4) is 0 Å². The van der Waals surface area contributed by atoms with Gasteiger partial charge >= 0.3 is 0 Å². The molecule has 0 aliphatic heterocycles. The van der Waals surface area contributed by atoms with Crippen LogP contribution in [0.2, 0.25) is 0 Å². The zero-order valence-corrected chi connectivity index (χ0v) is 10.6. The number of nitrogens with one attached hydrogen (secondary N) is 1. The van der Waals surface area contributed by atoms with Gasteiger partial charge in [-0.2, -0.15) is 0 Å². The lowest BCUT2D eigenvalue weighted by atomic mass is 9.90. The summed E-state index contributed by atoms with van der Waals surface area (Å²) in [5, 5.41) is 3.47. The van der Waals surface area contributed by atoms with Crippen molar-refractivity contribution in [2.75, 3.05) is 11.2 Å². The van der Waals surface area contributed by atoms with E-state index in [0.29, 0.717) is 11.8 Å². The molecule has 0 radical (unpaired) electrons. The summed E-state index contributed by atoms with van der Waals surface area (Å²) in [6.07, 6.45) is 1.81. The van der Waals surface area contributed by atoms with Crippen LogP contribution in [0.5, 0.6) is 0 Å². The quantitative estimate of drug-likeness (QED) is 0.796. The minimum Gasteiger partial charge on any atom is -0.378 e. The SMILES string of the molecule is Cc1cc(NC(C)(CCl)C(C)C)ccn1. The summed E-state index contributed by atoms with van der Waals surface area (Å²) >= 11 is 6.02. The van der Waals surface area contributed by atoms with Gasteiger partial charge in [-0.25, -0.2) is 0 Å². The molecule has 15 heavy (non-hydrogen) atoms. The molecule has 0 saturated heterocycles. The summed E-state index contributed by atoms with van der Waals surface area (Å²) in [7, 11) is 0. The Balaban J connectivity index is 2.84. The van der Waals surface area contributed by atoms with E-state index in [1.807, 2.05) is 25.3 Å². The smallest absolute Gasteiger partial charge is 0.0503 e. The number of hydrogen-bond acceptors (Lipinski definition) is 2. The molecule has 1 heterocycles. The second-order valence-electron chi connectivity index (χ2n) is 4.52. The van der Waals surface area contributed by atoms with Crippen LogP contribution in [0, 0.1) is 12.8 Å². The molecular weight excluding hydrogens is 208 g/mol. The van der Waals surface area contributed by atoms with Crippen molar-refractivity contribution in [2.24, 2.45) is 5.92 Å². The van der Waals surface area contributed by atoms with Crippen molar-refractivity contribution in [3.63, 3.8) is 0 Å². The molecule has 1 aromatic rings. The third kappa shape index (κ3) is 3.10. The lowest BCUT2D eigenvalue weighted by Crippen LogP contribution is -2.42. The third-order valence-electron chi connectivity index (χ3n) is 2.88. The Morgan fingerprint density at radius 2 is 2.20 bits per heavy atom. The summed E-state index contributed by atoms with van der Waals surface area (Å²) in [6, 6.07) is 4.01. The van der Waals surface area contributed by atoms with Crippen molar-refractivity contribution in [2.45, 2.75) is 33.2 Å². The van der Waals surface area contributed by atoms with E-state index in [2.05, 4.69) is 31.1 Å². The van der Waals surface area contributed by atoms with E-state index in [-0.39, 0.29) is 5.54 Å². The second kappa shape index (κ2) is 4.84. The van der Waals surface area contributed by atoms with Gasteiger partial charge in [0, 0.05) is 23.5 Å². The molecule has 0 aromatic carbocycles. The normalized spacial score (nSPS) is 15.1. The van der Waals surface area contributed by atoms with Gasteiger partial charge in [0.25, 0.3) is 0 Å². The van der Waals surface area contributed by atoms with Crippen LogP contribution in [-0.4, -0.2) is 16.4 Å². The van der Waals surface area contributed by atoms with Crippen molar-refractivity contribution in [1.82, 2.24) is 4.98 Å². The zero-order valence-electron chi connectivity index (χ0n) is 9.84. The lowest BCUT2D eigenvalue weighted by Gasteiger charge is -2.34. The van der Waals surface area contributed by atoms with E-state index in [4.69, 9.17) is 11.6 Å². The Labute approximate surface area is 97.1 Å². The van der Waals surface area contributed by atoms with Gasteiger partial charge in [-0.05, 0) is 31.9 Å². The highest BCUT2D eigenvalue weighted by Gasteiger charge is 2.26. The summed E-state index contributed by atoms with van der Waals surface area (Å²) in [4.78, 5) is 4.17. The van der Waals surface area contributed by atoms with E-state index in [0.717, 1.165) is 11.4 Å². The predicted octanol–water partition coefficient (Wildman–Crippen LogP) is 3.46. The molecule has 0 bridgehead atoms. The zero-order chi connectivity index (χ0) is 11.5. The van der Waals surface area contributed by atoms with Gasteiger partial charge in [-0.15, -0.1) is 11.6 Å². The topological polar surface area (TPSA) is 24.9 Å². The van der Waals surface area contributed by atoms with Crippen LogP contribution in [0.25, 0.3) is 0 Å². The molecular formula is C12H19ClN2. The number of halogens is 1. The van der Waals surface area contributed by atoms with E-state index in [1.165, 1.54) is 0 Å². The number of pyridine rings is 1. The number of alkyl halides is 1. The van der Waals surface area contributed by atoms with Crippen LogP contribution in [0.15, 0.2) is 18.3 Å². The molecule has 0 fully saturated rings. The Morgan fingerprint density at radius 3 is 2.67 bits per heavy atom. The van der Waals surface area contributed by atoms with Gasteiger partial charge in [0.05, 0.1) is 5.54 Å².